The van der Waals surface area contributed by atoms with Crippen LogP contribution in [0.25, 0.3) is 0 Å². The lowest BCUT2D eigenvalue weighted by molar-refractivity contribution is -0.141. The summed E-state index contributed by atoms with van der Waals surface area (Å²) in [5.74, 6) is -0.537. The molecule has 0 bridgehead atoms. The molecule has 1 aromatic rings. The highest BCUT2D eigenvalue weighted by molar-refractivity contribution is 5.85. The maximum atomic E-state index is 12.0. The zero-order chi connectivity index (χ0) is 17.6. The van der Waals surface area contributed by atoms with E-state index < -0.39 is 6.04 Å². The van der Waals surface area contributed by atoms with Crippen LogP contribution in [0.1, 0.15) is 57.7 Å². The molecular weight excluding hydrogens is 328 g/mol. The van der Waals surface area contributed by atoms with Crippen molar-refractivity contribution in [1.29, 1.82) is 0 Å². The lowest BCUT2D eigenvalue weighted by atomic mass is 9.86. The molecule has 0 aromatic heterocycles. The van der Waals surface area contributed by atoms with E-state index in [0.717, 1.165) is 5.56 Å². The van der Waals surface area contributed by atoms with Crippen LogP contribution in [0.15, 0.2) is 24.3 Å². The Morgan fingerprint density at radius 3 is 2.12 bits per heavy atom. The number of carbonyl (C=O) groups is 2. The van der Waals surface area contributed by atoms with Gasteiger partial charge >= 0.3 is 5.97 Å². The van der Waals surface area contributed by atoms with E-state index in [1.807, 2.05) is 24.3 Å². The second-order valence-corrected chi connectivity index (χ2v) is 6.95. The molecule has 0 heterocycles. The fourth-order valence-electron chi connectivity index (χ4n) is 2.26. The molecule has 5 nitrogen and oxygen atoms in total. The summed E-state index contributed by atoms with van der Waals surface area (Å²) in [4.78, 5) is 23.6. The number of hydrogen-bond acceptors (Lipinski definition) is 4. The van der Waals surface area contributed by atoms with Gasteiger partial charge in [-0.25, -0.2) is 0 Å². The van der Waals surface area contributed by atoms with Crippen LogP contribution in [-0.4, -0.2) is 25.0 Å². The maximum Gasteiger partial charge on any atom is 0.307 e. The molecule has 0 aliphatic rings. The van der Waals surface area contributed by atoms with Gasteiger partial charge in [-0.2, -0.15) is 0 Å². The zero-order valence-electron chi connectivity index (χ0n) is 15.1. The number of nitrogens with two attached hydrogens (primary N) is 1. The topological polar surface area (TPSA) is 81.4 Å². The average molecular weight is 357 g/mol. The van der Waals surface area contributed by atoms with Gasteiger partial charge in [-0.1, -0.05) is 45.0 Å². The summed E-state index contributed by atoms with van der Waals surface area (Å²) < 4.78 is 4.73. The number of esters is 1. The van der Waals surface area contributed by atoms with Crippen LogP contribution in [0, 0.1) is 0 Å². The van der Waals surface area contributed by atoms with Gasteiger partial charge in [-0.05, 0) is 23.5 Å². The Labute approximate surface area is 150 Å². The standard InChI is InChI=1S/C18H28N2O3.ClH/c1-12(19)10-16(21)20-15(11-17(22)23-5)13-6-8-14(9-7-13)18(2,3)4;/h6-9,12,15H,10-11,19H2,1-5H3,(H,20,21);1H. The molecule has 136 valence electrons. The Morgan fingerprint density at radius 1 is 1.17 bits per heavy atom. The van der Waals surface area contributed by atoms with Gasteiger partial charge in [0.25, 0.3) is 0 Å². The van der Waals surface area contributed by atoms with Crippen molar-refractivity contribution in [2.45, 2.75) is 58.0 Å². The number of hydrogen-bond donors (Lipinski definition) is 2. The molecule has 6 heteroatoms. The summed E-state index contributed by atoms with van der Waals surface area (Å²) in [6.07, 6.45) is 0.313. The third kappa shape index (κ3) is 7.32. The fourth-order valence-corrected chi connectivity index (χ4v) is 2.26. The largest absolute Gasteiger partial charge is 0.469 e. The Kier molecular flexibility index (Phi) is 9.01. The number of ether oxygens (including phenoxy) is 1. The van der Waals surface area contributed by atoms with Crippen molar-refractivity contribution in [3.8, 4) is 0 Å². The second kappa shape index (κ2) is 9.64. The van der Waals surface area contributed by atoms with E-state index in [0.29, 0.717) is 0 Å². The lowest BCUT2D eigenvalue weighted by Crippen LogP contribution is -2.34. The van der Waals surface area contributed by atoms with E-state index in [4.69, 9.17) is 10.5 Å². The molecule has 0 fully saturated rings. The summed E-state index contributed by atoms with van der Waals surface area (Å²) in [7, 11) is 1.34. The Balaban J connectivity index is 0.00000529. The SMILES string of the molecule is COC(=O)CC(NC(=O)CC(C)N)c1ccc(C(C)(C)C)cc1.Cl. The maximum absolute atomic E-state index is 12.0. The third-order valence-electron chi connectivity index (χ3n) is 3.62. The normalized spacial score (nSPS) is 13.4. The highest BCUT2D eigenvalue weighted by atomic mass is 35.5. The van der Waals surface area contributed by atoms with Crippen molar-refractivity contribution in [3.05, 3.63) is 35.4 Å². The molecule has 1 aromatic carbocycles. The third-order valence-corrected chi connectivity index (χ3v) is 3.62. The first kappa shape index (κ1) is 22.4. The number of methoxy groups -OCH3 is 1. The fraction of sp³-hybridized carbons (Fsp3) is 0.556. The quantitative estimate of drug-likeness (QED) is 0.768. The monoisotopic (exact) mass is 356 g/mol. The minimum atomic E-state index is -0.414. The molecule has 3 N–H and O–H groups in total. The minimum Gasteiger partial charge on any atom is -0.469 e. The first-order valence-electron chi connectivity index (χ1n) is 7.85. The molecule has 2 atom stereocenters. The number of benzene rings is 1. The summed E-state index contributed by atoms with van der Waals surface area (Å²) >= 11 is 0. The Hall–Kier alpha value is -1.59. The van der Waals surface area contributed by atoms with Crippen LogP contribution in [0.4, 0.5) is 0 Å². The summed E-state index contributed by atoms with van der Waals surface area (Å²) in [5, 5.41) is 2.87. The van der Waals surface area contributed by atoms with E-state index in [1.165, 1.54) is 12.7 Å². The highest BCUT2D eigenvalue weighted by Gasteiger charge is 2.20. The van der Waals surface area contributed by atoms with E-state index in [2.05, 4.69) is 26.1 Å². The molecule has 2 unspecified atom stereocenters. The minimum absolute atomic E-state index is 0. The van der Waals surface area contributed by atoms with Crippen molar-refractivity contribution >= 4 is 24.3 Å². The van der Waals surface area contributed by atoms with E-state index in [1.54, 1.807) is 6.92 Å². The van der Waals surface area contributed by atoms with Gasteiger partial charge in [0.05, 0.1) is 19.6 Å². The van der Waals surface area contributed by atoms with Crippen LogP contribution < -0.4 is 11.1 Å². The molecule has 1 amide bonds. The molecule has 0 saturated heterocycles. The molecular formula is C18H29ClN2O3. The predicted octanol–water partition coefficient (Wildman–Crippen LogP) is 2.86. The zero-order valence-corrected chi connectivity index (χ0v) is 15.9. The first-order valence-corrected chi connectivity index (χ1v) is 7.85. The van der Waals surface area contributed by atoms with Crippen molar-refractivity contribution in [2.75, 3.05) is 7.11 Å². The second-order valence-electron chi connectivity index (χ2n) is 6.95. The number of halogens is 1. The van der Waals surface area contributed by atoms with Gasteiger partial charge < -0.3 is 15.8 Å². The van der Waals surface area contributed by atoms with E-state index in [-0.39, 0.29) is 48.6 Å². The predicted molar refractivity (Wildman–Crippen MR) is 98.2 cm³/mol. The molecule has 0 saturated carbocycles. The average Bonchev–Trinajstić information content (AvgIpc) is 2.44. The number of amides is 1. The molecule has 1 rings (SSSR count). The van der Waals surface area contributed by atoms with Gasteiger partial charge in [-0.3, -0.25) is 9.59 Å². The van der Waals surface area contributed by atoms with Crippen molar-refractivity contribution in [2.24, 2.45) is 5.73 Å². The lowest BCUT2D eigenvalue weighted by Gasteiger charge is -2.22. The first-order chi connectivity index (χ1) is 10.6. The van der Waals surface area contributed by atoms with Crippen LogP contribution in [0.5, 0.6) is 0 Å². The number of rotatable bonds is 6. The van der Waals surface area contributed by atoms with Crippen molar-refractivity contribution in [1.82, 2.24) is 5.32 Å². The van der Waals surface area contributed by atoms with Gasteiger partial charge in [0.1, 0.15) is 0 Å². The van der Waals surface area contributed by atoms with E-state index >= 15 is 0 Å². The molecule has 0 spiro atoms. The molecule has 24 heavy (non-hydrogen) atoms. The van der Waals surface area contributed by atoms with Gasteiger partial charge in [-0.15, -0.1) is 12.4 Å². The Bertz CT molecular complexity index is 536. The highest BCUT2D eigenvalue weighted by Crippen LogP contribution is 2.25. The van der Waals surface area contributed by atoms with Gasteiger partial charge in [0.2, 0.25) is 5.91 Å². The smallest absolute Gasteiger partial charge is 0.307 e. The van der Waals surface area contributed by atoms with Gasteiger partial charge in [0.15, 0.2) is 0 Å². The molecule has 0 radical (unpaired) electrons. The Morgan fingerprint density at radius 2 is 1.71 bits per heavy atom. The summed E-state index contributed by atoms with van der Waals surface area (Å²) in [6.45, 7) is 8.18. The van der Waals surface area contributed by atoms with Crippen LogP contribution >= 0.6 is 12.4 Å². The summed E-state index contributed by atoms with van der Waals surface area (Å²) in [6, 6.07) is 7.30. The number of carbonyl (C=O) groups excluding carboxylic acids is 2. The summed E-state index contributed by atoms with van der Waals surface area (Å²) in [5.41, 5.74) is 7.77. The number of nitrogens with one attached hydrogen (secondary N) is 1. The van der Waals surface area contributed by atoms with E-state index in [9.17, 15) is 9.59 Å². The van der Waals surface area contributed by atoms with Crippen LogP contribution in [0.3, 0.4) is 0 Å². The van der Waals surface area contributed by atoms with Crippen LogP contribution in [-0.2, 0) is 19.7 Å². The van der Waals surface area contributed by atoms with Crippen LogP contribution in [0.2, 0.25) is 0 Å². The van der Waals surface area contributed by atoms with Crippen molar-refractivity contribution in [3.63, 3.8) is 0 Å². The molecule has 0 aliphatic carbocycles. The van der Waals surface area contributed by atoms with Crippen molar-refractivity contribution < 1.29 is 14.3 Å². The molecule has 0 aliphatic heterocycles. The van der Waals surface area contributed by atoms with Gasteiger partial charge in [0, 0.05) is 12.5 Å².